The first-order valence-electron chi connectivity index (χ1n) is 19.8. The fourth-order valence-corrected chi connectivity index (χ4v) is 7.81. The van der Waals surface area contributed by atoms with Crippen LogP contribution < -0.4 is 0 Å². The number of carboxylic acids is 1. The highest BCUT2D eigenvalue weighted by atomic mass is 16.8. The van der Waals surface area contributed by atoms with E-state index in [1.165, 1.54) is 6.92 Å². The molecule has 0 aromatic rings. The summed E-state index contributed by atoms with van der Waals surface area (Å²) in [6.45, 7) is -2.16. The second kappa shape index (κ2) is 21.1. The van der Waals surface area contributed by atoms with Crippen molar-refractivity contribution in [3.05, 3.63) is 0 Å². The van der Waals surface area contributed by atoms with Crippen LogP contribution in [0.3, 0.4) is 0 Å². The summed E-state index contributed by atoms with van der Waals surface area (Å²) in [6.07, 6.45) is -52.3. The normalized spacial score (nSPS) is 53.2. The molecule has 17 N–H and O–H groups in total. The van der Waals surface area contributed by atoms with Crippen LogP contribution in [0.1, 0.15) is 6.92 Å². The second-order valence-corrected chi connectivity index (χ2v) is 15.9. The van der Waals surface area contributed by atoms with Gasteiger partial charge < -0.3 is 139 Å². The minimum absolute atomic E-state index is 0.827. The molecule has 0 aromatic carbocycles. The smallest absolute Gasteiger partial charge is 0.335 e. The molecule has 28 atom stereocenters. The van der Waals surface area contributed by atoms with Crippen molar-refractivity contribution in [2.45, 2.75) is 179 Å². The minimum Gasteiger partial charge on any atom is -0.479 e. The molecule has 63 heavy (non-hydrogen) atoms. The molecule has 0 bridgehead atoms. The van der Waals surface area contributed by atoms with Crippen molar-refractivity contribution in [3.8, 4) is 0 Å². The van der Waals surface area contributed by atoms with Crippen molar-refractivity contribution in [1.29, 1.82) is 0 Å². The van der Waals surface area contributed by atoms with Gasteiger partial charge >= 0.3 is 5.97 Å². The average molecular weight is 929 g/mol. The van der Waals surface area contributed by atoms with E-state index < -0.39 is 204 Å². The monoisotopic (exact) mass is 928 g/mol. The largest absolute Gasteiger partial charge is 0.479 e. The Bertz CT molecular complexity index is 1470. The van der Waals surface area contributed by atoms with Gasteiger partial charge in [-0.15, -0.1) is 0 Å². The molecule has 366 valence electrons. The summed E-state index contributed by atoms with van der Waals surface area (Å²) in [5, 5.41) is 177. The van der Waals surface area contributed by atoms with Crippen LogP contribution in [0.4, 0.5) is 0 Å². The number of aliphatic hydroxyl groups excluding tert-OH is 16. The number of aliphatic hydroxyl groups is 16. The van der Waals surface area contributed by atoms with Crippen LogP contribution in [0, 0.1) is 0 Å². The maximum absolute atomic E-state index is 12.4. The van der Waals surface area contributed by atoms with Crippen LogP contribution in [0.15, 0.2) is 0 Å². The van der Waals surface area contributed by atoms with Gasteiger partial charge in [0.25, 0.3) is 0 Å². The van der Waals surface area contributed by atoms with E-state index in [1.54, 1.807) is 0 Å². The molecule has 0 saturated carbocycles. The Morgan fingerprint density at radius 3 is 1.38 bits per heavy atom. The molecular weight excluding hydrogens is 872 g/mol. The summed E-state index contributed by atoms with van der Waals surface area (Å²) in [5.41, 5.74) is 0. The Balaban J connectivity index is 1.27. The summed E-state index contributed by atoms with van der Waals surface area (Å²) in [5.74, 6) is -1.81. The lowest BCUT2D eigenvalue weighted by Gasteiger charge is -2.47. The topological polar surface area (TPSA) is 463 Å². The minimum atomic E-state index is -2.22. The van der Waals surface area contributed by atoms with Gasteiger partial charge in [0.2, 0.25) is 0 Å². The van der Waals surface area contributed by atoms with Crippen molar-refractivity contribution in [1.82, 2.24) is 0 Å². The third kappa shape index (κ3) is 10.4. The van der Waals surface area contributed by atoms with Gasteiger partial charge in [0.1, 0.15) is 122 Å². The van der Waals surface area contributed by atoms with Gasteiger partial charge in [-0.25, -0.2) is 4.79 Å². The molecule has 29 nitrogen and oxygen atoms in total. The lowest BCUT2D eigenvalue weighted by molar-refractivity contribution is -0.373. The van der Waals surface area contributed by atoms with Crippen LogP contribution in [0.2, 0.25) is 0 Å². The third-order valence-corrected chi connectivity index (χ3v) is 11.6. The molecular formula is C34H56O29. The Kier molecular flexibility index (Phi) is 17.0. The highest BCUT2D eigenvalue weighted by Crippen LogP contribution is 2.36. The van der Waals surface area contributed by atoms with E-state index in [9.17, 15) is 91.6 Å². The van der Waals surface area contributed by atoms with Gasteiger partial charge in [0.05, 0.1) is 32.5 Å². The van der Waals surface area contributed by atoms with Crippen molar-refractivity contribution in [2.24, 2.45) is 0 Å². The first-order valence-corrected chi connectivity index (χ1v) is 19.8. The molecule has 6 saturated heterocycles. The molecule has 0 amide bonds. The van der Waals surface area contributed by atoms with E-state index in [0.29, 0.717) is 0 Å². The number of carbonyl (C=O) groups is 1. The second-order valence-electron chi connectivity index (χ2n) is 15.9. The molecule has 29 heteroatoms. The molecule has 0 aromatic heterocycles. The Morgan fingerprint density at radius 2 is 0.841 bits per heavy atom. The van der Waals surface area contributed by atoms with Crippen LogP contribution in [-0.4, -0.2) is 291 Å². The highest BCUT2D eigenvalue weighted by molar-refractivity contribution is 5.73. The molecule has 6 fully saturated rings. The molecule has 0 aliphatic carbocycles. The van der Waals surface area contributed by atoms with Gasteiger partial charge in [0, 0.05) is 0 Å². The van der Waals surface area contributed by atoms with Gasteiger partial charge in [-0.05, 0) is 6.92 Å². The number of ether oxygens (including phenoxy) is 11. The molecule has 6 aliphatic rings. The molecule has 6 aliphatic heterocycles. The number of rotatable bonds is 15. The van der Waals surface area contributed by atoms with Crippen molar-refractivity contribution < 1.29 is 144 Å². The molecule has 0 spiro atoms. The third-order valence-electron chi connectivity index (χ3n) is 11.6. The van der Waals surface area contributed by atoms with Crippen LogP contribution in [-0.2, 0) is 56.9 Å². The molecule has 6 heterocycles. The number of aliphatic carboxylic acids is 1. The van der Waals surface area contributed by atoms with Crippen LogP contribution in [0.25, 0.3) is 0 Å². The van der Waals surface area contributed by atoms with Crippen LogP contribution in [0.5, 0.6) is 0 Å². The maximum Gasteiger partial charge on any atom is 0.335 e. The van der Waals surface area contributed by atoms with Gasteiger partial charge in [-0.2, -0.15) is 0 Å². The molecule has 0 unspecified atom stereocenters. The summed E-state index contributed by atoms with van der Waals surface area (Å²) in [7, 11) is 0. The highest BCUT2D eigenvalue weighted by Gasteiger charge is 2.57. The zero-order valence-corrected chi connectivity index (χ0v) is 33.0. The predicted octanol–water partition coefficient (Wildman–Crippen LogP) is -11.7. The quantitative estimate of drug-likeness (QED) is 0.0725. The summed E-state index contributed by atoms with van der Waals surface area (Å²) < 4.78 is 61.3. The lowest BCUT2D eigenvalue weighted by Crippen LogP contribution is -2.66. The van der Waals surface area contributed by atoms with Gasteiger partial charge in [-0.1, -0.05) is 0 Å². The fraction of sp³-hybridized carbons (Fsp3) is 0.971. The molecule has 0 radical (unpaired) electrons. The zero-order valence-electron chi connectivity index (χ0n) is 33.0. The maximum atomic E-state index is 12.4. The first kappa shape index (κ1) is 50.8. The van der Waals surface area contributed by atoms with E-state index in [1.807, 2.05) is 0 Å². The first-order chi connectivity index (χ1) is 29.7. The SMILES string of the molecule is C[C@@H]1O[C@@H](O[C@H]2[C@H](O)[C@@H](O)[C@H](OC[C@H]3O[C@@H](OC[C@H]4O[C@@H](O)[C@H](O)[C@@H](O)[C@H]4O)[C@H](O)[C@@H](O[C@@H]4O[C@@H](CO)[C@H](O)[C@H]4O)[C@H]3O[C@@H]3O[C@@H](CO)[C@H](O)[C@H]3O)O[C@@H]2C(=O)O)[C@H](O)[C@H](O)[C@H]1O. The number of hydrogen-bond acceptors (Lipinski definition) is 28. The summed E-state index contributed by atoms with van der Waals surface area (Å²) in [6, 6.07) is 0. The number of carboxylic acid groups (broad SMARTS) is 1. The number of hydrogen-bond donors (Lipinski definition) is 17. The fourth-order valence-electron chi connectivity index (χ4n) is 7.81. The van der Waals surface area contributed by atoms with Gasteiger partial charge in [0.15, 0.2) is 43.8 Å². The standard InChI is InChI=1S/C34H56O29/c1-6-11(37)15(41)21(47)32(55-6)61-25-17(43)22(48)30(63-27(25)28(50)51)54-5-10-24(60-33-19(45)12(38)7(2-35)57-33)26(62-34-20(46)13(39)8(3-36)58-34)23(49)31(59-10)53-4-9-14(40)16(42)18(44)29(52)56-9/h6-27,29-49,52H,2-5H2,1H3,(H,50,51)/t6-,7-,8-,9+,10+,11-,12-,13-,14-,15+,16-,17+,18+,19+,20+,21+,22+,23+,24-,25-,26+,27-,29+,30+,31+,32-,33-,34-/m0/s1. The Labute approximate surface area is 355 Å². The zero-order chi connectivity index (χ0) is 46.3. The van der Waals surface area contributed by atoms with Crippen molar-refractivity contribution >= 4 is 5.97 Å². The average Bonchev–Trinajstić information content (AvgIpc) is 3.69. The van der Waals surface area contributed by atoms with E-state index in [0.717, 1.165) is 0 Å². The molecule has 6 rings (SSSR count). The van der Waals surface area contributed by atoms with Gasteiger partial charge in [-0.3, -0.25) is 0 Å². The Morgan fingerprint density at radius 1 is 0.413 bits per heavy atom. The predicted molar refractivity (Wildman–Crippen MR) is 186 cm³/mol. The summed E-state index contributed by atoms with van der Waals surface area (Å²) in [4.78, 5) is 12.4. The van der Waals surface area contributed by atoms with Crippen LogP contribution >= 0.6 is 0 Å². The van der Waals surface area contributed by atoms with E-state index in [-0.39, 0.29) is 0 Å². The van der Waals surface area contributed by atoms with E-state index in [4.69, 9.17) is 52.1 Å². The van der Waals surface area contributed by atoms with E-state index >= 15 is 0 Å². The lowest BCUT2D eigenvalue weighted by atomic mass is 9.96. The Hall–Kier alpha value is -1.61. The summed E-state index contributed by atoms with van der Waals surface area (Å²) >= 11 is 0. The van der Waals surface area contributed by atoms with E-state index in [2.05, 4.69) is 0 Å². The van der Waals surface area contributed by atoms with Crippen molar-refractivity contribution in [3.63, 3.8) is 0 Å². The van der Waals surface area contributed by atoms with Crippen molar-refractivity contribution in [2.75, 3.05) is 26.4 Å².